The molecule has 0 atom stereocenters. The molecule has 1 aliphatic heterocycles. The van der Waals surface area contributed by atoms with Gasteiger partial charge in [-0.15, -0.1) is 0 Å². The molecule has 1 fully saturated rings. The maximum atomic E-state index is 12.7. The van der Waals surface area contributed by atoms with E-state index in [1.54, 1.807) is 11.9 Å². The van der Waals surface area contributed by atoms with Crippen molar-refractivity contribution in [2.75, 3.05) is 37.0 Å². The van der Waals surface area contributed by atoms with Gasteiger partial charge in [-0.3, -0.25) is 4.79 Å². The number of benzene rings is 1. The number of nitrogens with zero attached hydrogens (tertiary/aromatic N) is 3. The lowest BCUT2D eigenvalue weighted by Gasteiger charge is -2.32. The van der Waals surface area contributed by atoms with Gasteiger partial charge in [0.2, 0.25) is 0 Å². The second-order valence-corrected chi connectivity index (χ2v) is 7.10. The van der Waals surface area contributed by atoms with Crippen LogP contribution in [0, 0.1) is 0 Å². The van der Waals surface area contributed by atoms with E-state index in [9.17, 15) is 4.79 Å². The van der Waals surface area contributed by atoms with Crippen molar-refractivity contribution in [2.24, 2.45) is 0 Å². The van der Waals surface area contributed by atoms with Crippen LogP contribution in [0.4, 0.5) is 11.5 Å². The van der Waals surface area contributed by atoms with E-state index >= 15 is 0 Å². The molecule has 3 aromatic rings. The highest BCUT2D eigenvalue weighted by atomic mass is 16.2. The van der Waals surface area contributed by atoms with Crippen LogP contribution in [0.15, 0.2) is 48.8 Å². The van der Waals surface area contributed by atoms with Crippen molar-refractivity contribution < 1.29 is 4.79 Å². The highest BCUT2D eigenvalue weighted by molar-refractivity contribution is 6.07. The molecule has 1 saturated heterocycles. The van der Waals surface area contributed by atoms with Gasteiger partial charge in [-0.1, -0.05) is 0 Å². The van der Waals surface area contributed by atoms with Crippen LogP contribution in [0.1, 0.15) is 23.2 Å². The van der Waals surface area contributed by atoms with Gasteiger partial charge < -0.3 is 20.1 Å². The molecule has 1 aromatic carbocycles. The van der Waals surface area contributed by atoms with Gasteiger partial charge in [-0.25, -0.2) is 4.98 Å². The Labute approximate surface area is 159 Å². The van der Waals surface area contributed by atoms with Crippen molar-refractivity contribution in [3.63, 3.8) is 0 Å². The first kappa shape index (κ1) is 17.5. The van der Waals surface area contributed by atoms with E-state index < -0.39 is 0 Å². The number of piperidine rings is 1. The van der Waals surface area contributed by atoms with Crippen LogP contribution in [-0.4, -0.2) is 49.1 Å². The van der Waals surface area contributed by atoms with Crippen molar-refractivity contribution in [2.45, 2.75) is 18.9 Å². The monoisotopic (exact) mass is 363 g/mol. The summed E-state index contributed by atoms with van der Waals surface area (Å²) >= 11 is 0. The lowest BCUT2D eigenvalue weighted by atomic mass is 10.1. The van der Waals surface area contributed by atoms with Crippen molar-refractivity contribution >= 4 is 28.3 Å². The van der Waals surface area contributed by atoms with Crippen molar-refractivity contribution in [3.05, 3.63) is 54.4 Å². The summed E-state index contributed by atoms with van der Waals surface area (Å²) in [7, 11) is 3.90. The third-order valence-corrected chi connectivity index (χ3v) is 5.41. The predicted octanol–water partition coefficient (Wildman–Crippen LogP) is 3.03. The van der Waals surface area contributed by atoms with Gasteiger partial charge in [0, 0.05) is 43.5 Å². The van der Waals surface area contributed by atoms with E-state index in [2.05, 4.69) is 34.4 Å². The number of hydrogen-bond acceptors (Lipinski definition) is 4. The standard InChI is InChI=1S/C21H25N5O/c1-25(17-7-10-22-11-8-17)20-6-4-15-13-16(3-5-19(15)24-20)21(27)26(2)18-9-12-23-14-18/h3-6,9,12-14,17,22-23H,7-8,10-11H2,1-2H3. The summed E-state index contributed by atoms with van der Waals surface area (Å²) in [5.41, 5.74) is 2.42. The van der Waals surface area contributed by atoms with Crippen LogP contribution in [-0.2, 0) is 0 Å². The minimum atomic E-state index is -0.0348. The smallest absolute Gasteiger partial charge is 0.258 e. The molecule has 0 saturated carbocycles. The minimum absolute atomic E-state index is 0.0348. The van der Waals surface area contributed by atoms with Crippen molar-refractivity contribution in [1.29, 1.82) is 0 Å². The van der Waals surface area contributed by atoms with Crippen LogP contribution < -0.4 is 15.1 Å². The molecule has 6 heteroatoms. The first-order chi connectivity index (χ1) is 13.1. The Morgan fingerprint density at radius 3 is 2.67 bits per heavy atom. The van der Waals surface area contributed by atoms with E-state index in [4.69, 9.17) is 4.98 Å². The largest absolute Gasteiger partial charge is 0.366 e. The molecule has 6 nitrogen and oxygen atoms in total. The summed E-state index contributed by atoms with van der Waals surface area (Å²) in [5, 5.41) is 4.38. The number of rotatable bonds is 4. The highest BCUT2D eigenvalue weighted by Crippen LogP contribution is 2.23. The highest BCUT2D eigenvalue weighted by Gasteiger charge is 2.19. The average molecular weight is 363 g/mol. The third-order valence-electron chi connectivity index (χ3n) is 5.41. The number of carbonyl (C=O) groups is 1. The third kappa shape index (κ3) is 3.53. The quantitative estimate of drug-likeness (QED) is 0.748. The lowest BCUT2D eigenvalue weighted by molar-refractivity contribution is 0.0993. The van der Waals surface area contributed by atoms with Crippen LogP contribution in [0.3, 0.4) is 0 Å². The van der Waals surface area contributed by atoms with E-state index in [0.717, 1.165) is 48.3 Å². The molecule has 0 spiro atoms. The number of pyridine rings is 1. The normalized spacial score (nSPS) is 15.0. The van der Waals surface area contributed by atoms with Crippen molar-refractivity contribution in [1.82, 2.24) is 15.3 Å². The van der Waals surface area contributed by atoms with E-state index in [-0.39, 0.29) is 5.91 Å². The van der Waals surface area contributed by atoms with E-state index in [0.29, 0.717) is 11.6 Å². The van der Waals surface area contributed by atoms with Crippen LogP contribution in [0.25, 0.3) is 10.9 Å². The number of hydrogen-bond donors (Lipinski definition) is 2. The zero-order chi connectivity index (χ0) is 18.8. The van der Waals surface area contributed by atoms with E-state index in [1.165, 1.54) is 0 Å². The Kier molecular flexibility index (Phi) is 4.81. The molecule has 4 rings (SSSR count). The number of H-pyrrole nitrogens is 1. The summed E-state index contributed by atoms with van der Waals surface area (Å²) in [6, 6.07) is 12.2. The Hall–Kier alpha value is -2.86. The van der Waals surface area contributed by atoms with E-state index in [1.807, 2.05) is 36.7 Å². The summed E-state index contributed by atoms with van der Waals surface area (Å²) in [5.74, 6) is 0.949. The fourth-order valence-electron chi connectivity index (χ4n) is 3.66. The molecule has 0 radical (unpaired) electrons. The molecule has 1 aliphatic rings. The maximum Gasteiger partial charge on any atom is 0.258 e. The van der Waals surface area contributed by atoms with Crippen LogP contribution >= 0.6 is 0 Å². The Morgan fingerprint density at radius 1 is 1.11 bits per heavy atom. The number of aromatic nitrogens is 2. The zero-order valence-electron chi connectivity index (χ0n) is 15.8. The first-order valence-electron chi connectivity index (χ1n) is 9.39. The van der Waals surface area contributed by atoms with Gasteiger partial charge in [-0.2, -0.15) is 0 Å². The molecule has 2 N–H and O–H groups in total. The van der Waals surface area contributed by atoms with Crippen LogP contribution in [0.2, 0.25) is 0 Å². The topological polar surface area (TPSA) is 64.3 Å². The maximum absolute atomic E-state index is 12.7. The Balaban J connectivity index is 1.57. The molecule has 2 aromatic heterocycles. The number of fused-ring (bicyclic) bond motifs is 1. The predicted molar refractivity (Wildman–Crippen MR) is 110 cm³/mol. The SMILES string of the molecule is CN(C(=O)c1ccc2nc(N(C)C3CCNCC3)ccc2c1)c1cc[nH]c1. The molecule has 3 heterocycles. The summed E-state index contributed by atoms with van der Waals surface area (Å²) in [4.78, 5) is 24.5. The van der Waals surface area contributed by atoms with Gasteiger partial charge in [0.1, 0.15) is 5.82 Å². The number of amides is 1. The van der Waals surface area contributed by atoms with Gasteiger partial charge >= 0.3 is 0 Å². The number of carbonyl (C=O) groups excluding carboxylic acids is 1. The molecule has 0 bridgehead atoms. The molecule has 27 heavy (non-hydrogen) atoms. The zero-order valence-corrected chi connectivity index (χ0v) is 15.8. The van der Waals surface area contributed by atoms with Gasteiger partial charge in [0.25, 0.3) is 5.91 Å². The number of aromatic amines is 1. The molecule has 140 valence electrons. The number of nitrogens with one attached hydrogen (secondary N) is 2. The minimum Gasteiger partial charge on any atom is -0.366 e. The molecule has 0 unspecified atom stereocenters. The van der Waals surface area contributed by atoms with Crippen molar-refractivity contribution in [3.8, 4) is 0 Å². The molecule has 1 amide bonds. The lowest BCUT2D eigenvalue weighted by Crippen LogP contribution is -2.41. The first-order valence-corrected chi connectivity index (χ1v) is 9.39. The second kappa shape index (κ2) is 7.40. The summed E-state index contributed by atoms with van der Waals surface area (Å²) in [6.07, 6.45) is 5.89. The fourth-order valence-corrected chi connectivity index (χ4v) is 3.66. The Bertz CT molecular complexity index is 931. The Morgan fingerprint density at radius 2 is 1.93 bits per heavy atom. The molecular weight excluding hydrogens is 338 g/mol. The second-order valence-electron chi connectivity index (χ2n) is 7.10. The fraction of sp³-hybridized carbons (Fsp3) is 0.333. The van der Waals surface area contributed by atoms with Gasteiger partial charge in [0.05, 0.1) is 11.2 Å². The summed E-state index contributed by atoms with van der Waals surface area (Å²) < 4.78 is 0. The average Bonchev–Trinajstić information content (AvgIpc) is 3.27. The molecular formula is C21H25N5O. The van der Waals surface area contributed by atoms with Gasteiger partial charge in [-0.05, 0) is 62.3 Å². The van der Waals surface area contributed by atoms with Gasteiger partial charge in [0.15, 0.2) is 0 Å². The summed E-state index contributed by atoms with van der Waals surface area (Å²) in [6.45, 7) is 2.12. The van der Waals surface area contributed by atoms with Crippen LogP contribution in [0.5, 0.6) is 0 Å². The number of anilines is 2. The molecule has 0 aliphatic carbocycles.